The molecule has 3 amide bonds. The molecule has 0 aromatic carbocycles. The monoisotopic (exact) mass is 479 g/mol. The molecule has 0 saturated heterocycles. The van der Waals surface area contributed by atoms with Crippen molar-refractivity contribution in [2.45, 2.75) is 91.7 Å². The van der Waals surface area contributed by atoms with Crippen LogP contribution in [-0.4, -0.2) is 54.5 Å². The highest BCUT2D eigenvalue weighted by molar-refractivity contribution is 7.47. The van der Waals surface area contributed by atoms with E-state index >= 15 is 0 Å². The van der Waals surface area contributed by atoms with Crippen molar-refractivity contribution >= 4 is 25.5 Å². The number of unbranched alkanes of at least 4 members (excludes halogenated alkanes) is 4. The van der Waals surface area contributed by atoms with Gasteiger partial charge in [0.25, 0.3) is 0 Å². The van der Waals surface area contributed by atoms with E-state index in [-0.39, 0.29) is 36.4 Å². The molecule has 1 unspecified atom stereocenters. The molecule has 0 radical (unpaired) electrons. The first-order chi connectivity index (χ1) is 14.9. The number of rotatable bonds is 18. The smallest absolute Gasteiger partial charge is 0.356 e. The molecule has 32 heavy (non-hydrogen) atoms. The Bertz CT molecular complexity index is 614. The van der Waals surface area contributed by atoms with Gasteiger partial charge >= 0.3 is 7.82 Å². The third kappa shape index (κ3) is 17.1. The lowest BCUT2D eigenvalue weighted by Crippen LogP contribution is -2.46. The maximum absolute atomic E-state index is 12.4. The second kappa shape index (κ2) is 17.1. The first-order valence-electron chi connectivity index (χ1n) is 11.4. The van der Waals surface area contributed by atoms with Crippen LogP contribution in [0.3, 0.4) is 0 Å². The summed E-state index contributed by atoms with van der Waals surface area (Å²) in [7, 11) is -3.98. The molecular formula is C21H42N3O7P. The molecule has 0 aliphatic heterocycles. The van der Waals surface area contributed by atoms with Crippen LogP contribution in [0, 0.1) is 5.92 Å². The number of phosphoric acid groups is 1. The zero-order chi connectivity index (χ0) is 24.6. The summed E-state index contributed by atoms with van der Waals surface area (Å²) >= 11 is 0. The van der Waals surface area contributed by atoms with Gasteiger partial charge in [0.05, 0.1) is 12.7 Å². The molecule has 0 spiro atoms. The number of phosphoric ester groups is 1. The summed E-state index contributed by atoms with van der Waals surface area (Å²) in [6, 6.07) is -0.596. The maximum Gasteiger partial charge on any atom is 0.472 e. The first kappa shape index (κ1) is 30.5. The van der Waals surface area contributed by atoms with Gasteiger partial charge in [0.1, 0.15) is 6.04 Å². The van der Waals surface area contributed by atoms with Crippen molar-refractivity contribution in [2.24, 2.45) is 5.92 Å². The highest BCUT2D eigenvalue weighted by Gasteiger charge is 2.22. The van der Waals surface area contributed by atoms with E-state index in [1.54, 1.807) is 13.8 Å². The number of amides is 3. The standard InChI is InChI=1S/C21H42N3O7P/c1-16(2)20(26)22-14-10-8-12-19(24-18(5)25)21(27)23-13-9-6-7-11-15-30-32(28,29)31-17(3)4/h16-17,19H,6-15H2,1-5H3,(H,22,26)(H,23,27)(H,24,25)(H,28,29)/t19-/m0/s1. The molecule has 2 atom stereocenters. The molecule has 0 aliphatic rings. The molecule has 0 fully saturated rings. The number of carbonyl (C=O) groups is 3. The Labute approximate surface area is 192 Å². The molecule has 0 bridgehead atoms. The zero-order valence-electron chi connectivity index (χ0n) is 20.1. The van der Waals surface area contributed by atoms with Gasteiger partial charge in [-0.3, -0.25) is 23.4 Å². The molecule has 0 aliphatic carbocycles. The summed E-state index contributed by atoms with van der Waals surface area (Å²) in [5.74, 6) is -0.541. The summed E-state index contributed by atoms with van der Waals surface area (Å²) in [5.41, 5.74) is 0. The van der Waals surface area contributed by atoms with E-state index in [1.165, 1.54) is 6.92 Å². The predicted octanol–water partition coefficient (Wildman–Crippen LogP) is 2.65. The van der Waals surface area contributed by atoms with Gasteiger partial charge in [0.2, 0.25) is 17.7 Å². The van der Waals surface area contributed by atoms with Crippen LogP contribution in [0.25, 0.3) is 0 Å². The van der Waals surface area contributed by atoms with Crippen molar-refractivity contribution in [3.8, 4) is 0 Å². The van der Waals surface area contributed by atoms with Crippen LogP contribution in [0.2, 0.25) is 0 Å². The summed E-state index contributed by atoms with van der Waals surface area (Å²) in [4.78, 5) is 44.8. The average Bonchev–Trinajstić information content (AvgIpc) is 2.66. The van der Waals surface area contributed by atoms with Crippen molar-refractivity contribution in [1.29, 1.82) is 0 Å². The van der Waals surface area contributed by atoms with Crippen molar-refractivity contribution in [3.63, 3.8) is 0 Å². The van der Waals surface area contributed by atoms with Crippen LogP contribution >= 0.6 is 7.82 Å². The third-order valence-electron chi connectivity index (χ3n) is 4.41. The van der Waals surface area contributed by atoms with Gasteiger partial charge in [-0.05, 0) is 46.0 Å². The SMILES string of the molecule is CC(=O)N[C@@H](CCCCNC(=O)C(C)C)C(=O)NCCCCCCOP(=O)(O)OC(C)C. The Morgan fingerprint density at radius 3 is 2.00 bits per heavy atom. The second-order valence-electron chi connectivity index (χ2n) is 8.36. The van der Waals surface area contributed by atoms with E-state index in [0.717, 1.165) is 25.7 Å². The van der Waals surface area contributed by atoms with Gasteiger partial charge in [0.15, 0.2) is 0 Å². The topological polar surface area (TPSA) is 143 Å². The lowest BCUT2D eigenvalue weighted by molar-refractivity contribution is -0.128. The predicted molar refractivity (Wildman–Crippen MR) is 123 cm³/mol. The molecule has 0 saturated carbocycles. The van der Waals surface area contributed by atoms with Crippen LogP contribution in [0.5, 0.6) is 0 Å². The molecule has 0 heterocycles. The van der Waals surface area contributed by atoms with Gasteiger partial charge in [-0.2, -0.15) is 0 Å². The summed E-state index contributed by atoms with van der Waals surface area (Å²) in [6.45, 7) is 9.51. The lowest BCUT2D eigenvalue weighted by atomic mass is 10.1. The zero-order valence-corrected chi connectivity index (χ0v) is 21.0. The van der Waals surface area contributed by atoms with E-state index < -0.39 is 13.9 Å². The minimum atomic E-state index is -3.98. The van der Waals surface area contributed by atoms with Crippen molar-refractivity contribution in [3.05, 3.63) is 0 Å². The molecule has 0 aromatic rings. The normalized spacial score (nSPS) is 14.1. The molecule has 0 rings (SSSR count). The lowest BCUT2D eigenvalue weighted by Gasteiger charge is -2.18. The average molecular weight is 480 g/mol. The quantitative estimate of drug-likeness (QED) is 0.175. The Morgan fingerprint density at radius 2 is 1.44 bits per heavy atom. The minimum Gasteiger partial charge on any atom is -0.356 e. The molecular weight excluding hydrogens is 437 g/mol. The third-order valence-corrected chi connectivity index (χ3v) is 5.60. The number of hydrogen-bond acceptors (Lipinski definition) is 6. The summed E-state index contributed by atoms with van der Waals surface area (Å²) in [5, 5.41) is 8.35. The van der Waals surface area contributed by atoms with Gasteiger partial charge in [0, 0.05) is 25.9 Å². The van der Waals surface area contributed by atoms with Crippen LogP contribution in [0.1, 0.15) is 79.6 Å². The Hall–Kier alpha value is -1.48. The van der Waals surface area contributed by atoms with Gasteiger partial charge in [-0.15, -0.1) is 0 Å². The molecule has 4 N–H and O–H groups in total. The van der Waals surface area contributed by atoms with E-state index in [9.17, 15) is 23.8 Å². The van der Waals surface area contributed by atoms with Gasteiger partial charge in [-0.1, -0.05) is 26.7 Å². The largest absolute Gasteiger partial charge is 0.472 e. The Balaban J connectivity index is 4.01. The van der Waals surface area contributed by atoms with Crippen LogP contribution in [0.4, 0.5) is 0 Å². The highest BCUT2D eigenvalue weighted by atomic mass is 31.2. The Kier molecular flexibility index (Phi) is 16.3. The van der Waals surface area contributed by atoms with Gasteiger partial charge in [-0.25, -0.2) is 4.57 Å². The summed E-state index contributed by atoms with van der Waals surface area (Å²) in [6.07, 6.45) is 4.51. The number of hydrogen-bond donors (Lipinski definition) is 4. The molecule has 11 heteroatoms. The molecule has 188 valence electrons. The van der Waals surface area contributed by atoms with E-state index in [4.69, 9.17) is 9.05 Å². The Morgan fingerprint density at radius 1 is 0.875 bits per heavy atom. The fourth-order valence-electron chi connectivity index (χ4n) is 2.80. The van der Waals surface area contributed by atoms with E-state index in [2.05, 4.69) is 16.0 Å². The number of nitrogens with one attached hydrogen (secondary N) is 3. The van der Waals surface area contributed by atoms with Crippen LogP contribution in [-0.2, 0) is 28.0 Å². The highest BCUT2D eigenvalue weighted by Crippen LogP contribution is 2.44. The minimum absolute atomic E-state index is 0.00183. The van der Waals surface area contributed by atoms with Crippen LogP contribution < -0.4 is 16.0 Å². The van der Waals surface area contributed by atoms with E-state index in [1.807, 2.05) is 13.8 Å². The molecule has 0 aromatic heterocycles. The fraction of sp³-hybridized carbons (Fsp3) is 0.857. The van der Waals surface area contributed by atoms with Gasteiger partial charge < -0.3 is 20.8 Å². The van der Waals surface area contributed by atoms with Crippen molar-refractivity contribution in [2.75, 3.05) is 19.7 Å². The van der Waals surface area contributed by atoms with Crippen molar-refractivity contribution in [1.82, 2.24) is 16.0 Å². The fourth-order valence-corrected chi connectivity index (χ4v) is 3.75. The summed E-state index contributed by atoms with van der Waals surface area (Å²) < 4.78 is 21.3. The molecule has 10 nitrogen and oxygen atoms in total. The number of carbonyl (C=O) groups excluding carboxylic acids is 3. The second-order valence-corrected chi connectivity index (χ2v) is 9.76. The van der Waals surface area contributed by atoms with Crippen LogP contribution in [0.15, 0.2) is 0 Å². The first-order valence-corrected chi connectivity index (χ1v) is 12.9. The van der Waals surface area contributed by atoms with E-state index in [0.29, 0.717) is 32.4 Å². The van der Waals surface area contributed by atoms with Crippen molar-refractivity contribution < 1.29 is 32.9 Å². The maximum atomic E-state index is 12.4.